The first kappa shape index (κ1) is 23.5. The number of benzene rings is 3. The number of nitrogens with zero attached hydrogens (tertiary/aromatic N) is 2. The highest BCUT2D eigenvalue weighted by atomic mass is 16.4. The van der Waals surface area contributed by atoms with Crippen LogP contribution < -0.4 is 5.43 Å². The molecule has 5 rings (SSSR count). The molecular weight excluding hydrogens is 452 g/mol. The molecule has 0 amide bonds. The van der Waals surface area contributed by atoms with Gasteiger partial charge in [0.25, 0.3) is 0 Å². The normalized spacial score (nSPS) is 12.3. The van der Waals surface area contributed by atoms with E-state index in [4.69, 9.17) is 4.42 Å². The summed E-state index contributed by atoms with van der Waals surface area (Å²) >= 11 is 0. The monoisotopic (exact) mass is 480 g/mol. The van der Waals surface area contributed by atoms with E-state index in [1.807, 2.05) is 56.4 Å². The fourth-order valence-corrected chi connectivity index (χ4v) is 5.06. The Kier molecular flexibility index (Phi) is 6.18. The molecule has 0 spiro atoms. The Morgan fingerprint density at radius 2 is 1.81 bits per heavy atom. The van der Waals surface area contributed by atoms with Crippen LogP contribution in [-0.4, -0.2) is 20.9 Å². The van der Waals surface area contributed by atoms with Crippen molar-refractivity contribution < 1.29 is 14.3 Å². The summed E-state index contributed by atoms with van der Waals surface area (Å²) in [4.78, 5) is 24.8. The molecule has 0 aliphatic rings. The van der Waals surface area contributed by atoms with Crippen molar-refractivity contribution in [3.8, 4) is 11.5 Å². The number of aryl methyl sites for hydroxylation is 3. The molecule has 1 atom stereocenters. The van der Waals surface area contributed by atoms with Gasteiger partial charge in [0.05, 0.1) is 16.5 Å². The lowest BCUT2D eigenvalue weighted by atomic mass is 9.91. The maximum absolute atomic E-state index is 13.2. The molecule has 0 unspecified atom stereocenters. The number of aromatic nitrogens is 2. The third-order valence-corrected chi connectivity index (χ3v) is 6.84. The first-order valence-corrected chi connectivity index (χ1v) is 12.1. The second kappa shape index (κ2) is 9.46. The number of carboxylic acids is 1. The van der Waals surface area contributed by atoms with Gasteiger partial charge in [-0.25, -0.2) is 4.79 Å². The van der Waals surface area contributed by atoms with Gasteiger partial charge in [-0.1, -0.05) is 49.4 Å². The summed E-state index contributed by atoms with van der Waals surface area (Å²) in [5.74, 6) is -0.289. The summed E-state index contributed by atoms with van der Waals surface area (Å²) in [6, 6.07) is 20.5. The number of rotatable bonds is 7. The fourth-order valence-electron chi connectivity index (χ4n) is 5.06. The summed E-state index contributed by atoms with van der Waals surface area (Å²) in [6.45, 7) is 4.12. The highest BCUT2D eigenvalue weighted by Gasteiger charge is 2.19. The predicted molar refractivity (Wildman–Crippen MR) is 142 cm³/mol. The first-order valence-electron chi connectivity index (χ1n) is 12.1. The van der Waals surface area contributed by atoms with Gasteiger partial charge in [0.1, 0.15) is 11.3 Å². The van der Waals surface area contributed by atoms with Gasteiger partial charge in [0, 0.05) is 18.5 Å². The lowest BCUT2D eigenvalue weighted by Gasteiger charge is -2.16. The van der Waals surface area contributed by atoms with Crippen molar-refractivity contribution in [2.45, 2.75) is 39.0 Å². The average Bonchev–Trinajstić information content (AvgIpc) is 3.19. The third-order valence-electron chi connectivity index (χ3n) is 6.84. The minimum atomic E-state index is -0.902. The lowest BCUT2D eigenvalue weighted by molar-refractivity contribution is 0.0695. The molecule has 1 N–H and O–H groups in total. The number of carboxylic acid groups (broad SMARTS) is 1. The molecular formula is C30H28N2O4. The van der Waals surface area contributed by atoms with Crippen LogP contribution in [0.2, 0.25) is 0 Å². The summed E-state index contributed by atoms with van der Waals surface area (Å²) in [6.07, 6.45) is 2.32. The van der Waals surface area contributed by atoms with Crippen molar-refractivity contribution in [2.75, 3.05) is 0 Å². The Morgan fingerprint density at radius 3 is 2.61 bits per heavy atom. The molecule has 182 valence electrons. The standard InChI is InChI=1S/C30H28N2O4/c1-18-15-23(19(2)9-8-11-20-10-4-5-12-21(20)30(34)35)29-24(16-18)26(33)17-27(36-29)28-22-13-6-7-14-25(22)31-32(28)3/h4-7,10,12-17,19H,8-9,11H2,1-3H3,(H,34,35)/t19-/m0/s1. The molecule has 0 aliphatic carbocycles. The van der Waals surface area contributed by atoms with Crippen molar-refractivity contribution in [3.63, 3.8) is 0 Å². The zero-order valence-electron chi connectivity index (χ0n) is 20.6. The van der Waals surface area contributed by atoms with Crippen molar-refractivity contribution in [2.24, 2.45) is 7.05 Å². The molecule has 0 radical (unpaired) electrons. The summed E-state index contributed by atoms with van der Waals surface area (Å²) in [5.41, 5.74) is 5.32. The Labute approximate surface area is 208 Å². The van der Waals surface area contributed by atoms with Crippen molar-refractivity contribution in [3.05, 3.63) is 99.2 Å². The maximum Gasteiger partial charge on any atom is 0.335 e. The van der Waals surface area contributed by atoms with Gasteiger partial charge in [-0.15, -0.1) is 0 Å². The van der Waals surface area contributed by atoms with Crippen LogP contribution in [-0.2, 0) is 13.5 Å². The molecule has 6 heteroatoms. The fraction of sp³-hybridized carbons (Fsp3) is 0.233. The summed E-state index contributed by atoms with van der Waals surface area (Å²) < 4.78 is 8.22. The Bertz CT molecular complexity index is 1660. The zero-order valence-corrected chi connectivity index (χ0v) is 20.6. The molecule has 3 aromatic carbocycles. The highest BCUT2D eigenvalue weighted by Crippen LogP contribution is 2.34. The van der Waals surface area contributed by atoms with Crippen LogP contribution in [0.1, 0.15) is 52.7 Å². The molecule has 36 heavy (non-hydrogen) atoms. The second-order valence-corrected chi connectivity index (χ2v) is 9.45. The Hall–Kier alpha value is -4.19. The molecule has 0 aliphatic heterocycles. The van der Waals surface area contributed by atoms with E-state index in [1.54, 1.807) is 22.9 Å². The zero-order chi connectivity index (χ0) is 25.4. The van der Waals surface area contributed by atoms with Crippen LogP contribution in [0.15, 0.2) is 75.9 Å². The summed E-state index contributed by atoms with van der Waals surface area (Å²) in [5, 5.41) is 15.5. The van der Waals surface area contributed by atoms with E-state index in [0.29, 0.717) is 28.7 Å². The Balaban J connectivity index is 1.51. The SMILES string of the molecule is Cc1cc([C@@H](C)CCCc2ccccc2C(=O)O)c2oc(-c3c4ccccc4nn3C)cc(=O)c2c1. The maximum atomic E-state index is 13.2. The molecule has 0 fully saturated rings. The number of hydrogen-bond acceptors (Lipinski definition) is 4. The smallest absolute Gasteiger partial charge is 0.335 e. The van der Waals surface area contributed by atoms with Crippen molar-refractivity contribution in [1.29, 1.82) is 0 Å². The van der Waals surface area contributed by atoms with E-state index in [9.17, 15) is 14.7 Å². The van der Waals surface area contributed by atoms with Gasteiger partial charge < -0.3 is 9.52 Å². The Morgan fingerprint density at radius 1 is 1.06 bits per heavy atom. The molecule has 0 saturated heterocycles. The third kappa shape index (κ3) is 4.31. The van der Waals surface area contributed by atoms with Crippen LogP contribution in [0.25, 0.3) is 33.3 Å². The van der Waals surface area contributed by atoms with Gasteiger partial charge in [-0.2, -0.15) is 5.10 Å². The van der Waals surface area contributed by atoms with Gasteiger partial charge in [-0.3, -0.25) is 9.48 Å². The van der Waals surface area contributed by atoms with E-state index in [2.05, 4.69) is 18.1 Å². The minimum absolute atomic E-state index is 0.0796. The highest BCUT2D eigenvalue weighted by molar-refractivity contribution is 5.93. The van der Waals surface area contributed by atoms with Gasteiger partial charge >= 0.3 is 5.97 Å². The van der Waals surface area contributed by atoms with E-state index in [1.165, 1.54) is 0 Å². The molecule has 2 heterocycles. The van der Waals surface area contributed by atoms with Crippen molar-refractivity contribution >= 4 is 27.8 Å². The van der Waals surface area contributed by atoms with Gasteiger partial charge in [0.2, 0.25) is 0 Å². The van der Waals surface area contributed by atoms with E-state index < -0.39 is 5.97 Å². The van der Waals surface area contributed by atoms with E-state index >= 15 is 0 Å². The van der Waals surface area contributed by atoms with Crippen molar-refractivity contribution in [1.82, 2.24) is 9.78 Å². The average molecular weight is 481 g/mol. The molecule has 2 aromatic heterocycles. The van der Waals surface area contributed by atoms with Crippen LogP contribution in [0.4, 0.5) is 0 Å². The minimum Gasteiger partial charge on any atom is -0.478 e. The molecule has 0 saturated carbocycles. The number of aromatic carboxylic acids is 1. The molecule has 0 bridgehead atoms. The quantitative estimate of drug-likeness (QED) is 0.288. The van der Waals surface area contributed by atoms with Gasteiger partial charge in [-0.05, 0) is 67.0 Å². The van der Waals surface area contributed by atoms with E-state index in [-0.39, 0.29) is 11.3 Å². The predicted octanol–water partition coefficient (Wildman–Crippen LogP) is 6.48. The van der Waals surface area contributed by atoms with E-state index in [0.717, 1.165) is 46.1 Å². The van der Waals surface area contributed by atoms with Crippen LogP contribution in [0.5, 0.6) is 0 Å². The number of hydrogen-bond donors (Lipinski definition) is 1. The largest absolute Gasteiger partial charge is 0.478 e. The van der Waals surface area contributed by atoms with Crippen LogP contribution >= 0.6 is 0 Å². The van der Waals surface area contributed by atoms with Crippen LogP contribution in [0.3, 0.4) is 0 Å². The molecule has 5 aromatic rings. The number of carbonyl (C=O) groups is 1. The molecule has 6 nitrogen and oxygen atoms in total. The lowest BCUT2D eigenvalue weighted by Crippen LogP contribution is -2.06. The summed E-state index contributed by atoms with van der Waals surface area (Å²) in [7, 11) is 1.85. The first-order chi connectivity index (χ1) is 17.3. The second-order valence-electron chi connectivity index (χ2n) is 9.45. The van der Waals surface area contributed by atoms with Crippen LogP contribution in [0, 0.1) is 6.92 Å². The van der Waals surface area contributed by atoms with Gasteiger partial charge in [0.15, 0.2) is 11.2 Å². The topological polar surface area (TPSA) is 85.3 Å². The number of fused-ring (bicyclic) bond motifs is 2.